The van der Waals surface area contributed by atoms with Gasteiger partial charge in [0.25, 0.3) is 5.56 Å². The molecule has 0 aliphatic rings. The summed E-state index contributed by atoms with van der Waals surface area (Å²) in [4.78, 5) is 16.0. The van der Waals surface area contributed by atoms with E-state index >= 15 is 0 Å². The van der Waals surface area contributed by atoms with Crippen LogP contribution in [0.1, 0.15) is 0 Å². The van der Waals surface area contributed by atoms with Crippen molar-refractivity contribution >= 4 is 37.5 Å². The highest BCUT2D eigenvalue weighted by Gasteiger charge is 2.04. The molecule has 14 heavy (non-hydrogen) atoms. The first-order valence-electron chi connectivity index (χ1n) is 3.94. The first-order chi connectivity index (χ1) is 6.68. The molecule has 2 rings (SSSR count). The van der Waals surface area contributed by atoms with Crippen molar-refractivity contribution in [3.63, 3.8) is 0 Å². The summed E-state index contributed by atoms with van der Waals surface area (Å²) in [7, 11) is 0. The minimum atomic E-state index is -0.00870. The average molecular weight is 271 g/mol. The molecular formula is C9H7BrN2OS. The molecule has 0 saturated carbocycles. The van der Waals surface area contributed by atoms with E-state index in [-0.39, 0.29) is 5.56 Å². The zero-order valence-corrected chi connectivity index (χ0v) is 9.64. The summed E-state index contributed by atoms with van der Waals surface area (Å²) in [6.07, 6.45) is 1.55. The van der Waals surface area contributed by atoms with Gasteiger partial charge in [0.2, 0.25) is 0 Å². The van der Waals surface area contributed by atoms with Gasteiger partial charge in [0.15, 0.2) is 0 Å². The van der Waals surface area contributed by atoms with Crippen LogP contribution in [0.25, 0.3) is 10.2 Å². The van der Waals surface area contributed by atoms with Gasteiger partial charge < -0.3 is 0 Å². The third-order valence-electron chi connectivity index (χ3n) is 1.78. The molecule has 0 N–H and O–H groups in total. The maximum absolute atomic E-state index is 11.8. The average Bonchev–Trinajstić information content (AvgIpc) is 2.57. The standard InChI is InChI=1S/C9H7BrN2OS/c1-6(10)4-12-5-11-7-2-3-14-8(7)9(12)13/h2-3,5H,1,4H2. The SMILES string of the molecule is C=C(Br)Cn1cnc2ccsc2c1=O. The van der Waals surface area contributed by atoms with Crippen molar-refractivity contribution in [3.05, 3.63) is 39.2 Å². The molecular weight excluding hydrogens is 264 g/mol. The third kappa shape index (κ3) is 1.65. The van der Waals surface area contributed by atoms with Crippen LogP contribution in [0.15, 0.2) is 33.6 Å². The van der Waals surface area contributed by atoms with Crippen LogP contribution in [-0.4, -0.2) is 9.55 Å². The molecule has 0 unspecified atom stereocenters. The van der Waals surface area contributed by atoms with Gasteiger partial charge in [-0.15, -0.1) is 11.3 Å². The Bertz CT molecular complexity index is 543. The molecule has 0 fully saturated rings. The first-order valence-corrected chi connectivity index (χ1v) is 5.61. The molecule has 3 nitrogen and oxygen atoms in total. The number of halogens is 1. The van der Waals surface area contributed by atoms with Crippen LogP contribution >= 0.6 is 27.3 Å². The van der Waals surface area contributed by atoms with Gasteiger partial charge in [0.1, 0.15) is 4.70 Å². The Labute approximate surface area is 92.8 Å². The lowest BCUT2D eigenvalue weighted by Crippen LogP contribution is -2.19. The highest BCUT2D eigenvalue weighted by Crippen LogP contribution is 2.13. The van der Waals surface area contributed by atoms with E-state index in [2.05, 4.69) is 27.5 Å². The van der Waals surface area contributed by atoms with Crippen molar-refractivity contribution in [2.24, 2.45) is 0 Å². The second-order valence-electron chi connectivity index (χ2n) is 2.83. The van der Waals surface area contributed by atoms with Gasteiger partial charge in [-0.1, -0.05) is 22.5 Å². The summed E-state index contributed by atoms with van der Waals surface area (Å²) in [5.41, 5.74) is 0.752. The minimum absolute atomic E-state index is 0.00870. The smallest absolute Gasteiger partial charge is 0.271 e. The molecule has 2 heterocycles. The topological polar surface area (TPSA) is 34.9 Å². The van der Waals surface area contributed by atoms with E-state index in [1.54, 1.807) is 6.33 Å². The monoisotopic (exact) mass is 270 g/mol. The Balaban J connectivity index is 2.62. The van der Waals surface area contributed by atoms with E-state index in [9.17, 15) is 4.79 Å². The van der Waals surface area contributed by atoms with E-state index in [1.807, 2.05) is 11.4 Å². The van der Waals surface area contributed by atoms with Crippen LogP contribution in [0.5, 0.6) is 0 Å². The van der Waals surface area contributed by atoms with Crippen LogP contribution < -0.4 is 5.56 Å². The summed E-state index contributed by atoms with van der Waals surface area (Å²) < 4.78 is 2.99. The quantitative estimate of drug-likeness (QED) is 0.840. The van der Waals surface area contributed by atoms with E-state index in [1.165, 1.54) is 15.9 Å². The fraction of sp³-hybridized carbons (Fsp3) is 0.111. The number of rotatable bonds is 2. The van der Waals surface area contributed by atoms with Gasteiger partial charge in [0.05, 0.1) is 18.4 Å². The van der Waals surface area contributed by atoms with E-state index in [0.717, 1.165) is 10.00 Å². The van der Waals surface area contributed by atoms with Gasteiger partial charge >= 0.3 is 0 Å². The minimum Gasteiger partial charge on any atom is -0.293 e. The maximum atomic E-state index is 11.8. The van der Waals surface area contributed by atoms with E-state index in [4.69, 9.17) is 0 Å². The van der Waals surface area contributed by atoms with Crippen molar-refractivity contribution < 1.29 is 0 Å². The van der Waals surface area contributed by atoms with Crippen molar-refractivity contribution in [3.8, 4) is 0 Å². The molecule has 0 spiro atoms. The van der Waals surface area contributed by atoms with Crippen LogP contribution in [0.4, 0.5) is 0 Å². The fourth-order valence-corrected chi connectivity index (χ4v) is 2.24. The van der Waals surface area contributed by atoms with Crippen molar-refractivity contribution in [2.45, 2.75) is 6.54 Å². The molecule has 0 radical (unpaired) electrons. The predicted octanol–water partition coefficient (Wildman–Crippen LogP) is 2.37. The highest BCUT2D eigenvalue weighted by molar-refractivity contribution is 9.11. The largest absolute Gasteiger partial charge is 0.293 e. The lowest BCUT2D eigenvalue weighted by Gasteiger charge is -2.02. The molecule has 0 aliphatic carbocycles. The predicted molar refractivity (Wildman–Crippen MR) is 61.9 cm³/mol. The Morgan fingerprint density at radius 2 is 2.50 bits per heavy atom. The second kappa shape index (κ2) is 3.67. The summed E-state index contributed by atoms with van der Waals surface area (Å²) in [6, 6.07) is 1.84. The summed E-state index contributed by atoms with van der Waals surface area (Å²) >= 11 is 4.64. The second-order valence-corrected chi connectivity index (χ2v) is 4.87. The molecule has 0 atom stereocenters. The molecule has 72 valence electrons. The number of allylic oxidation sites excluding steroid dienone is 1. The zero-order valence-electron chi connectivity index (χ0n) is 7.24. The van der Waals surface area contributed by atoms with Gasteiger partial charge in [0, 0.05) is 4.48 Å². The third-order valence-corrected chi connectivity index (χ3v) is 2.92. The Hall–Kier alpha value is -0.940. The lowest BCUT2D eigenvalue weighted by atomic mass is 10.4. The van der Waals surface area contributed by atoms with Crippen LogP contribution in [0, 0.1) is 0 Å². The number of hydrogen-bond donors (Lipinski definition) is 0. The fourth-order valence-electron chi connectivity index (χ4n) is 1.18. The van der Waals surface area contributed by atoms with Crippen LogP contribution in [-0.2, 0) is 6.54 Å². The molecule has 2 aromatic rings. The van der Waals surface area contributed by atoms with Gasteiger partial charge in [-0.3, -0.25) is 9.36 Å². The number of fused-ring (bicyclic) bond motifs is 1. The van der Waals surface area contributed by atoms with E-state index in [0.29, 0.717) is 11.2 Å². The number of thiophene rings is 1. The summed E-state index contributed by atoms with van der Waals surface area (Å²) in [6.45, 7) is 4.15. The molecule has 5 heteroatoms. The first kappa shape index (κ1) is 9.61. The molecule has 0 aliphatic heterocycles. The highest BCUT2D eigenvalue weighted by atomic mass is 79.9. The van der Waals surface area contributed by atoms with E-state index < -0.39 is 0 Å². The van der Waals surface area contributed by atoms with Crippen molar-refractivity contribution in [1.82, 2.24) is 9.55 Å². The van der Waals surface area contributed by atoms with Crippen molar-refractivity contribution in [2.75, 3.05) is 0 Å². The molecule has 0 amide bonds. The Morgan fingerprint density at radius 3 is 3.21 bits per heavy atom. The number of nitrogens with zero attached hydrogens (tertiary/aromatic N) is 2. The molecule has 0 saturated heterocycles. The normalized spacial score (nSPS) is 10.6. The molecule has 0 aromatic carbocycles. The summed E-state index contributed by atoms with van der Waals surface area (Å²) in [5.74, 6) is 0. The molecule has 2 aromatic heterocycles. The van der Waals surface area contributed by atoms with Crippen molar-refractivity contribution in [1.29, 1.82) is 0 Å². The Morgan fingerprint density at radius 1 is 1.71 bits per heavy atom. The summed E-state index contributed by atoms with van der Waals surface area (Å²) in [5, 5.41) is 1.87. The lowest BCUT2D eigenvalue weighted by molar-refractivity contribution is 0.764. The number of aromatic nitrogens is 2. The maximum Gasteiger partial charge on any atom is 0.271 e. The number of hydrogen-bond acceptors (Lipinski definition) is 3. The zero-order chi connectivity index (χ0) is 10.1. The molecule has 0 bridgehead atoms. The Kier molecular flexibility index (Phi) is 2.52. The van der Waals surface area contributed by atoms with Crippen LogP contribution in [0.2, 0.25) is 0 Å². The van der Waals surface area contributed by atoms with Gasteiger partial charge in [-0.25, -0.2) is 4.98 Å². The van der Waals surface area contributed by atoms with Crippen LogP contribution in [0.3, 0.4) is 0 Å². The van der Waals surface area contributed by atoms with Gasteiger partial charge in [-0.05, 0) is 11.4 Å². The van der Waals surface area contributed by atoms with Gasteiger partial charge in [-0.2, -0.15) is 0 Å².